The number of nitro benzene ring substituents is 1. The van der Waals surface area contributed by atoms with Crippen LogP contribution in [0.15, 0.2) is 40.7 Å². The van der Waals surface area contributed by atoms with E-state index in [0.717, 1.165) is 10.8 Å². The number of nitrogens with zero attached hydrogens (tertiary/aromatic N) is 2. The number of anilines is 2. The Hall–Kier alpha value is -3.51. The van der Waals surface area contributed by atoms with E-state index < -0.39 is 16.7 Å². The van der Waals surface area contributed by atoms with Crippen LogP contribution < -0.4 is 10.6 Å². The number of carbonyl (C=O) groups excluding carboxylic acids is 3. The van der Waals surface area contributed by atoms with Crippen molar-refractivity contribution in [3.8, 4) is 0 Å². The lowest BCUT2D eigenvalue weighted by Gasteiger charge is -2.08. The highest BCUT2D eigenvalue weighted by atomic mass is 32.2. The van der Waals surface area contributed by atoms with Gasteiger partial charge in [-0.2, -0.15) is 0 Å². The first-order valence-electron chi connectivity index (χ1n) is 8.74. The van der Waals surface area contributed by atoms with Crippen molar-refractivity contribution < 1.29 is 24.0 Å². The average Bonchev–Trinajstić information content (AvgIpc) is 3.13. The number of aromatic nitrogens is 1. The van der Waals surface area contributed by atoms with Crippen molar-refractivity contribution in [1.82, 2.24) is 4.98 Å². The summed E-state index contributed by atoms with van der Waals surface area (Å²) < 4.78 is 6.10. The molecule has 10 nitrogen and oxygen atoms in total. The van der Waals surface area contributed by atoms with Gasteiger partial charge in [0, 0.05) is 24.2 Å². The minimum atomic E-state index is -0.668. The topological polar surface area (TPSA) is 141 Å². The van der Waals surface area contributed by atoms with Crippen LogP contribution in [0.1, 0.15) is 17.3 Å². The number of nitro groups is 1. The Bertz CT molecular complexity index is 1190. The van der Waals surface area contributed by atoms with Gasteiger partial charge in [0.1, 0.15) is 5.69 Å². The highest BCUT2D eigenvalue weighted by molar-refractivity contribution is 8.01. The van der Waals surface area contributed by atoms with Gasteiger partial charge < -0.3 is 15.4 Å². The zero-order chi connectivity index (χ0) is 22.5. The molecule has 12 heteroatoms. The molecule has 0 bridgehead atoms. The van der Waals surface area contributed by atoms with Crippen LogP contribution >= 0.6 is 23.1 Å². The molecule has 31 heavy (non-hydrogen) atoms. The Morgan fingerprint density at radius 2 is 1.97 bits per heavy atom. The van der Waals surface area contributed by atoms with Gasteiger partial charge in [0.15, 0.2) is 4.34 Å². The van der Waals surface area contributed by atoms with Crippen LogP contribution in [-0.4, -0.2) is 40.6 Å². The lowest BCUT2D eigenvalue weighted by Crippen LogP contribution is -2.13. The van der Waals surface area contributed by atoms with Crippen molar-refractivity contribution >= 4 is 68.2 Å². The Kier molecular flexibility index (Phi) is 6.82. The minimum absolute atomic E-state index is 0.0112. The van der Waals surface area contributed by atoms with Gasteiger partial charge in [0.25, 0.3) is 11.6 Å². The van der Waals surface area contributed by atoms with Crippen molar-refractivity contribution in [3.05, 3.63) is 52.1 Å². The summed E-state index contributed by atoms with van der Waals surface area (Å²) in [6.07, 6.45) is 0. The molecule has 3 rings (SSSR count). The SMILES string of the molecule is COC(=O)CSc1nc2ccc(NC(=O)c3ccc(NC(C)=O)c([N+](=O)[O-])c3)cc2s1. The summed E-state index contributed by atoms with van der Waals surface area (Å²) >= 11 is 2.62. The van der Waals surface area contributed by atoms with Crippen LogP contribution in [-0.2, 0) is 14.3 Å². The second-order valence-electron chi connectivity index (χ2n) is 6.15. The maximum atomic E-state index is 12.6. The van der Waals surface area contributed by atoms with Crippen molar-refractivity contribution in [2.75, 3.05) is 23.5 Å². The zero-order valence-electron chi connectivity index (χ0n) is 16.3. The minimum Gasteiger partial charge on any atom is -0.468 e. The monoisotopic (exact) mass is 460 g/mol. The molecule has 3 aromatic rings. The molecule has 2 aromatic carbocycles. The second kappa shape index (κ2) is 9.53. The maximum Gasteiger partial charge on any atom is 0.316 e. The van der Waals surface area contributed by atoms with Crippen LogP contribution in [0.5, 0.6) is 0 Å². The molecule has 2 amide bonds. The summed E-state index contributed by atoms with van der Waals surface area (Å²) in [4.78, 5) is 50.1. The number of carbonyl (C=O) groups is 3. The number of thioether (sulfide) groups is 1. The van der Waals surface area contributed by atoms with E-state index in [4.69, 9.17) is 0 Å². The predicted molar refractivity (Wildman–Crippen MR) is 118 cm³/mol. The molecule has 0 spiro atoms. The fourth-order valence-corrected chi connectivity index (χ4v) is 4.49. The number of fused-ring (bicyclic) bond motifs is 1. The highest BCUT2D eigenvalue weighted by Gasteiger charge is 2.19. The van der Waals surface area contributed by atoms with E-state index in [1.54, 1.807) is 18.2 Å². The van der Waals surface area contributed by atoms with E-state index in [1.165, 1.54) is 49.3 Å². The first-order chi connectivity index (χ1) is 14.8. The van der Waals surface area contributed by atoms with Crippen LogP contribution in [0.25, 0.3) is 10.2 Å². The van der Waals surface area contributed by atoms with Crippen LogP contribution in [0.3, 0.4) is 0 Å². The van der Waals surface area contributed by atoms with Gasteiger partial charge in [-0.1, -0.05) is 11.8 Å². The molecule has 1 aromatic heterocycles. The first-order valence-corrected chi connectivity index (χ1v) is 10.5. The van der Waals surface area contributed by atoms with Gasteiger partial charge in [-0.25, -0.2) is 4.98 Å². The first kappa shape index (κ1) is 22.2. The summed E-state index contributed by atoms with van der Waals surface area (Å²) in [6.45, 7) is 1.24. The van der Waals surface area contributed by atoms with Crippen LogP contribution in [0.4, 0.5) is 17.1 Å². The number of rotatable bonds is 7. The number of benzene rings is 2. The van der Waals surface area contributed by atoms with Gasteiger partial charge in [-0.15, -0.1) is 11.3 Å². The molecule has 0 saturated heterocycles. The molecule has 0 saturated carbocycles. The molecule has 0 aliphatic carbocycles. The van der Waals surface area contributed by atoms with Crippen molar-refractivity contribution in [2.24, 2.45) is 0 Å². The Labute approximate surface area is 184 Å². The lowest BCUT2D eigenvalue weighted by molar-refractivity contribution is -0.384. The number of hydrogen-bond acceptors (Lipinski definition) is 9. The Morgan fingerprint density at radius 3 is 2.65 bits per heavy atom. The van der Waals surface area contributed by atoms with Gasteiger partial charge in [0.05, 0.1) is 28.0 Å². The highest BCUT2D eigenvalue weighted by Crippen LogP contribution is 2.32. The summed E-state index contributed by atoms with van der Waals surface area (Å²) in [5, 5.41) is 16.3. The number of esters is 1. The van der Waals surface area contributed by atoms with Crippen LogP contribution in [0, 0.1) is 10.1 Å². The molecule has 0 atom stereocenters. The Morgan fingerprint density at radius 1 is 1.19 bits per heavy atom. The fraction of sp³-hybridized carbons (Fsp3) is 0.158. The molecule has 1 heterocycles. The van der Waals surface area contributed by atoms with E-state index in [1.807, 2.05) is 0 Å². The van der Waals surface area contributed by atoms with Crippen molar-refractivity contribution in [1.29, 1.82) is 0 Å². The fourth-order valence-electron chi connectivity index (χ4n) is 2.55. The third-order valence-electron chi connectivity index (χ3n) is 3.94. The number of amides is 2. The number of thiazole rings is 1. The summed E-state index contributed by atoms with van der Waals surface area (Å²) in [5.41, 5.74) is 0.898. The number of nitrogens with one attached hydrogen (secondary N) is 2. The smallest absolute Gasteiger partial charge is 0.316 e. The molecule has 0 fully saturated rings. The van der Waals surface area contributed by atoms with Gasteiger partial charge in [-0.05, 0) is 30.3 Å². The van der Waals surface area contributed by atoms with Gasteiger partial charge >= 0.3 is 5.97 Å². The molecule has 0 radical (unpaired) electrons. The zero-order valence-corrected chi connectivity index (χ0v) is 18.0. The third-order valence-corrected chi connectivity index (χ3v) is 6.07. The van der Waals surface area contributed by atoms with Gasteiger partial charge in [-0.3, -0.25) is 24.5 Å². The largest absolute Gasteiger partial charge is 0.468 e. The van der Waals surface area contributed by atoms with E-state index in [0.29, 0.717) is 15.5 Å². The van der Waals surface area contributed by atoms with E-state index in [2.05, 4.69) is 20.4 Å². The quantitative estimate of drug-likeness (QED) is 0.235. The number of ether oxygens (including phenoxy) is 1. The van der Waals surface area contributed by atoms with Crippen LogP contribution in [0.2, 0.25) is 0 Å². The summed E-state index contributed by atoms with van der Waals surface area (Å²) in [7, 11) is 1.32. The lowest BCUT2D eigenvalue weighted by atomic mass is 10.1. The molecule has 2 N–H and O–H groups in total. The number of hydrogen-bond donors (Lipinski definition) is 2. The maximum absolute atomic E-state index is 12.6. The molecule has 160 valence electrons. The molecule has 0 aliphatic rings. The number of methoxy groups -OCH3 is 1. The van der Waals surface area contributed by atoms with Crippen molar-refractivity contribution in [3.63, 3.8) is 0 Å². The Balaban J connectivity index is 1.78. The molecular formula is C19H16N4O6S2. The molecule has 0 unspecified atom stereocenters. The summed E-state index contributed by atoms with van der Waals surface area (Å²) in [5.74, 6) is -1.20. The summed E-state index contributed by atoms with van der Waals surface area (Å²) in [6, 6.07) is 8.92. The van der Waals surface area contributed by atoms with Crippen molar-refractivity contribution in [2.45, 2.75) is 11.3 Å². The van der Waals surface area contributed by atoms with Gasteiger partial charge in [0.2, 0.25) is 5.91 Å². The second-order valence-corrected chi connectivity index (χ2v) is 8.40. The third kappa shape index (κ3) is 5.55. The van der Waals surface area contributed by atoms with E-state index in [9.17, 15) is 24.5 Å². The standard InChI is InChI=1S/C19H16N4O6S2/c1-10(24)20-13-5-3-11(7-15(13)23(27)28)18(26)21-12-4-6-14-16(8-12)31-19(22-14)30-9-17(25)29-2/h3-8H,9H2,1-2H3,(H,20,24)(H,21,26). The average molecular weight is 460 g/mol. The molecule has 0 aliphatic heterocycles. The van der Waals surface area contributed by atoms with E-state index in [-0.39, 0.29) is 28.7 Å². The van der Waals surface area contributed by atoms with E-state index >= 15 is 0 Å². The predicted octanol–water partition coefficient (Wildman–Crippen LogP) is 3.68. The molecular weight excluding hydrogens is 444 g/mol. The normalized spacial score (nSPS) is 10.5.